The van der Waals surface area contributed by atoms with E-state index in [1.165, 1.54) is 30.5 Å². The Morgan fingerprint density at radius 1 is 1.14 bits per heavy atom. The Morgan fingerprint density at radius 3 is 2.69 bits per heavy atom. The average molecular weight is 401 g/mol. The summed E-state index contributed by atoms with van der Waals surface area (Å²) in [6.07, 6.45) is 3.23. The van der Waals surface area contributed by atoms with Crippen LogP contribution in [-0.4, -0.2) is 35.3 Å². The van der Waals surface area contributed by atoms with E-state index in [1.54, 1.807) is 19.2 Å². The van der Waals surface area contributed by atoms with Gasteiger partial charge in [0.05, 0.1) is 18.9 Å². The van der Waals surface area contributed by atoms with Gasteiger partial charge >= 0.3 is 0 Å². The number of likely N-dealkylation sites (tertiary alicyclic amines) is 1. The van der Waals surface area contributed by atoms with E-state index in [1.807, 2.05) is 0 Å². The fourth-order valence-corrected chi connectivity index (χ4v) is 4.04. The van der Waals surface area contributed by atoms with Crippen molar-refractivity contribution in [3.05, 3.63) is 71.3 Å². The molecule has 1 saturated heterocycles. The number of hydrogen-bond acceptors (Lipinski definition) is 3. The van der Waals surface area contributed by atoms with Gasteiger partial charge in [-0.05, 0) is 49.7 Å². The zero-order valence-corrected chi connectivity index (χ0v) is 16.1. The molecule has 1 aliphatic heterocycles. The summed E-state index contributed by atoms with van der Waals surface area (Å²) in [5.74, 6) is -0.865. The van der Waals surface area contributed by atoms with Crippen molar-refractivity contribution in [2.45, 2.75) is 25.3 Å². The van der Waals surface area contributed by atoms with Crippen molar-refractivity contribution < 1.29 is 17.9 Å². The molecule has 2 heterocycles. The smallest absolute Gasteiger partial charge is 0.134 e. The van der Waals surface area contributed by atoms with Crippen molar-refractivity contribution in [3.8, 4) is 16.9 Å². The topological polar surface area (TPSA) is 41.1 Å². The van der Waals surface area contributed by atoms with Crippen molar-refractivity contribution in [2.24, 2.45) is 0 Å². The number of hydrogen-bond donors (Lipinski definition) is 1. The second-order valence-corrected chi connectivity index (χ2v) is 7.33. The third-order valence-corrected chi connectivity index (χ3v) is 5.46. The summed E-state index contributed by atoms with van der Waals surface area (Å²) in [6.45, 7) is 1.91. The normalized spacial score (nSPS) is 17.4. The van der Waals surface area contributed by atoms with Crippen LogP contribution in [-0.2, 0) is 6.54 Å². The molecule has 0 amide bonds. The second-order valence-electron chi connectivity index (χ2n) is 7.33. The van der Waals surface area contributed by atoms with Crippen LogP contribution < -0.4 is 4.74 Å². The highest BCUT2D eigenvalue weighted by Gasteiger charge is 2.27. The summed E-state index contributed by atoms with van der Waals surface area (Å²) in [7, 11) is 1.55. The molecule has 0 spiro atoms. The van der Waals surface area contributed by atoms with E-state index in [9.17, 15) is 13.2 Å². The number of aromatic nitrogens is 2. The third-order valence-electron chi connectivity index (χ3n) is 5.46. The molecule has 1 atom stereocenters. The average Bonchev–Trinajstić information content (AvgIpc) is 3.19. The highest BCUT2D eigenvalue weighted by Crippen LogP contribution is 2.35. The van der Waals surface area contributed by atoms with Gasteiger partial charge in [0.25, 0.3) is 0 Å². The van der Waals surface area contributed by atoms with Crippen molar-refractivity contribution in [1.29, 1.82) is 0 Å². The van der Waals surface area contributed by atoms with Gasteiger partial charge in [0.2, 0.25) is 0 Å². The minimum Gasteiger partial charge on any atom is -0.497 e. The molecule has 2 aromatic carbocycles. The van der Waals surface area contributed by atoms with Gasteiger partial charge in [0, 0.05) is 35.8 Å². The molecule has 7 heteroatoms. The molecule has 0 bridgehead atoms. The van der Waals surface area contributed by atoms with Crippen LogP contribution in [0.5, 0.6) is 5.75 Å². The maximum atomic E-state index is 14.3. The lowest BCUT2D eigenvalue weighted by Gasteiger charge is -2.33. The van der Waals surface area contributed by atoms with Gasteiger partial charge in [0.15, 0.2) is 0 Å². The van der Waals surface area contributed by atoms with E-state index in [0.717, 1.165) is 19.4 Å². The fraction of sp³-hybridized carbons (Fsp3) is 0.318. The molecule has 0 aliphatic carbocycles. The number of benzene rings is 2. The molecule has 3 aromatic rings. The van der Waals surface area contributed by atoms with Crippen molar-refractivity contribution in [2.75, 3.05) is 20.2 Å². The van der Waals surface area contributed by atoms with Crippen molar-refractivity contribution in [3.63, 3.8) is 0 Å². The lowest BCUT2D eigenvalue weighted by atomic mass is 9.90. The number of H-pyrrole nitrogens is 1. The number of piperidine rings is 1. The molecular formula is C22H22F3N3O. The maximum absolute atomic E-state index is 14.3. The van der Waals surface area contributed by atoms with Gasteiger partial charge in [-0.1, -0.05) is 6.07 Å². The van der Waals surface area contributed by atoms with Gasteiger partial charge in [-0.15, -0.1) is 0 Å². The summed E-state index contributed by atoms with van der Waals surface area (Å²) >= 11 is 0. The molecule has 1 aliphatic rings. The number of methoxy groups -OCH3 is 1. The SMILES string of the molecule is COc1ccc(F)c(CN2CCC[C@@H](c3[nH]ncc3-c3c(F)cccc3F)C2)c1. The van der Waals surface area contributed by atoms with Crippen LogP contribution in [0.2, 0.25) is 0 Å². The number of nitrogens with zero attached hydrogens (tertiary/aromatic N) is 2. The first-order valence-electron chi connectivity index (χ1n) is 9.59. The molecule has 0 unspecified atom stereocenters. The molecule has 1 fully saturated rings. The Balaban J connectivity index is 1.57. The number of ether oxygens (including phenoxy) is 1. The van der Waals surface area contributed by atoms with E-state index in [2.05, 4.69) is 15.1 Å². The van der Waals surface area contributed by atoms with Crippen LogP contribution in [0.4, 0.5) is 13.2 Å². The highest BCUT2D eigenvalue weighted by atomic mass is 19.1. The van der Waals surface area contributed by atoms with Crippen LogP contribution in [0, 0.1) is 17.5 Å². The molecule has 1 aromatic heterocycles. The van der Waals surface area contributed by atoms with Gasteiger partial charge in [-0.2, -0.15) is 5.10 Å². The minimum absolute atomic E-state index is 0.0222. The monoisotopic (exact) mass is 401 g/mol. The lowest BCUT2D eigenvalue weighted by molar-refractivity contribution is 0.196. The van der Waals surface area contributed by atoms with E-state index >= 15 is 0 Å². The molecule has 0 saturated carbocycles. The Morgan fingerprint density at radius 2 is 1.93 bits per heavy atom. The Bertz CT molecular complexity index is 984. The standard InChI is InChI=1S/C22H22F3N3O/c1-29-16-7-8-18(23)15(10-16)13-28-9-3-4-14(12-28)22-17(11-26-27-22)21-19(24)5-2-6-20(21)25/h2,5-8,10-11,14H,3-4,9,12-13H2,1H3,(H,26,27)/t14-/m1/s1. The van der Waals surface area contributed by atoms with Gasteiger partial charge in [-0.25, -0.2) is 13.2 Å². The number of halogens is 3. The number of aromatic amines is 1. The first-order chi connectivity index (χ1) is 14.1. The van der Waals surface area contributed by atoms with E-state index in [0.29, 0.717) is 35.7 Å². The number of nitrogens with one attached hydrogen (secondary N) is 1. The second kappa shape index (κ2) is 8.29. The molecular weight excluding hydrogens is 379 g/mol. The predicted molar refractivity (Wildman–Crippen MR) is 104 cm³/mol. The van der Waals surface area contributed by atoms with Gasteiger partial charge in [-0.3, -0.25) is 10.00 Å². The molecule has 152 valence electrons. The van der Waals surface area contributed by atoms with Crippen LogP contribution in [0.3, 0.4) is 0 Å². The Kier molecular flexibility index (Phi) is 5.58. The molecule has 4 rings (SSSR count). The molecule has 1 N–H and O–H groups in total. The largest absolute Gasteiger partial charge is 0.497 e. The summed E-state index contributed by atoms with van der Waals surface area (Å²) in [5.41, 5.74) is 1.66. The predicted octanol–water partition coefficient (Wildman–Crippen LogP) is 4.88. The van der Waals surface area contributed by atoms with Crippen LogP contribution >= 0.6 is 0 Å². The fourth-order valence-electron chi connectivity index (χ4n) is 4.04. The maximum Gasteiger partial charge on any atom is 0.134 e. The quantitative estimate of drug-likeness (QED) is 0.662. The van der Waals surface area contributed by atoms with Crippen LogP contribution in [0.25, 0.3) is 11.1 Å². The minimum atomic E-state index is -0.612. The third kappa shape index (κ3) is 4.00. The molecule has 0 radical (unpaired) electrons. The summed E-state index contributed by atoms with van der Waals surface area (Å²) < 4.78 is 48.0. The first-order valence-corrected chi connectivity index (χ1v) is 9.59. The lowest BCUT2D eigenvalue weighted by Crippen LogP contribution is -2.34. The Labute approximate surface area is 167 Å². The summed E-state index contributed by atoms with van der Waals surface area (Å²) in [5, 5.41) is 6.99. The molecule has 29 heavy (non-hydrogen) atoms. The van der Waals surface area contributed by atoms with E-state index in [4.69, 9.17) is 4.74 Å². The van der Waals surface area contributed by atoms with E-state index < -0.39 is 11.6 Å². The van der Waals surface area contributed by atoms with Gasteiger partial charge in [0.1, 0.15) is 23.2 Å². The van der Waals surface area contributed by atoms with Crippen LogP contribution in [0.1, 0.15) is 30.0 Å². The summed E-state index contributed by atoms with van der Waals surface area (Å²) in [4.78, 5) is 2.15. The zero-order valence-electron chi connectivity index (χ0n) is 16.1. The van der Waals surface area contributed by atoms with Crippen LogP contribution in [0.15, 0.2) is 42.6 Å². The first kappa shape index (κ1) is 19.5. The highest BCUT2D eigenvalue weighted by molar-refractivity contribution is 5.67. The zero-order chi connectivity index (χ0) is 20.4. The van der Waals surface area contributed by atoms with Gasteiger partial charge < -0.3 is 4.74 Å². The molecule has 4 nitrogen and oxygen atoms in total. The number of rotatable bonds is 5. The van der Waals surface area contributed by atoms with E-state index in [-0.39, 0.29) is 17.3 Å². The van der Waals surface area contributed by atoms with Crippen molar-refractivity contribution >= 4 is 0 Å². The Hall–Kier alpha value is -2.80. The van der Waals surface area contributed by atoms with Crippen molar-refractivity contribution in [1.82, 2.24) is 15.1 Å². The summed E-state index contributed by atoms with van der Waals surface area (Å²) in [6, 6.07) is 8.54.